The number of rotatable bonds is 8. The predicted octanol–water partition coefficient (Wildman–Crippen LogP) is 3.56. The molecule has 0 aliphatic carbocycles. The van der Waals surface area contributed by atoms with Gasteiger partial charge < -0.3 is 19.2 Å². The average Bonchev–Trinajstić information content (AvgIpc) is 3.53. The fourth-order valence-corrected chi connectivity index (χ4v) is 4.14. The van der Waals surface area contributed by atoms with E-state index >= 15 is 0 Å². The topological polar surface area (TPSA) is 90.0 Å². The van der Waals surface area contributed by atoms with Crippen LogP contribution in [0.25, 0.3) is 17.2 Å². The van der Waals surface area contributed by atoms with Crippen molar-refractivity contribution < 1.29 is 13.9 Å². The second-order valence-electron chi connectivity index (χ2n) is 7.86. The van der Waals surface area contributed by atoms with E-state index in [-0.39, 0.29) is 0 Å². The molecular weight excluding hydrogens is 420 g/mol. The summed E-state index contributed by atoms with van der Waals surface area (Å²) >= 11 is 0. The van der Waals surface area contributed by atoms with Crippen molar-refractivity contribution in [2.24, 2.45) is 0 Å². The molecule has 3 aromatic heterocycles. The first-order valence-electron chi connectivity index (χ1n) is 10.8. The largest absolute Gasteiger partial charge is 0.493 e. The summed E-state index contributed by atoms with van der Waals surface area (Å²) in [6, 6.07) is 7.83. The third-order valence-corrected chi connectivity index (χ3v) is 5.77. The second kappa shape index (κ2) is 8.95. The van der Waals surface area contributed by atoms with Crippen molar-refractivity contribution in [3.05, 3.63) is 66.1 Å². The van der Waals surface area contributed by atoms with E-state index in [2.05, 4.69) is 39.0 Å². The highest BCUT2D eigenvalue weighted by atomic mass is 16.5. The van der Waals surface area contributed by atoms with Gasteiger partial charge in [0.2, 0.25) is 11.8 Å². The average molecular weight is 447 g/mol. The third-order valence-electron chi connectivity index (χ3n) is 5.77. The summed E-state index contributed by atoms with van der Waals surface area (Å²) in [6.07, 6.45) is 6.19. The Balaban J connectivity index is 1.46. The van der Waals surface area contributed by atoms with Gasteiger partial charge >= 0.3 is 0 Å². The van der Waals surface area contributed by atoms with Gasteiger partial charge in [0.25, 0.3) is 0 Å². The van der Waals surface area contributed by atoms with Crippen molar-refractivity contribution in [3.8, 4) is 23.1 Å². The van der Waals surface area contributed by atoms with Gasteiger partial charge in [0, 0.05) is 37.9 Å². The number of nitrogens with zero attached hydrogens (tertiary/aromatic N) is 5. The summed E-state index contributed by atoms with van der Waals surface area (Å²) in [7, 11) is 3.33. The van der Waals surface area contributed by atoms with Crippen LogP contribution in [0, 0.1) is 0 Å². The van der Waals surface area contributed by atoms with E-state index in [4.69, 9.17) is 18.9 Å². The van der Waals surface area contributed by atoms with Crippen molar-refractivity contribution in [2.75, 3.05) is 32.6 Å². The Morgan fingerprint density at radius 3 is 2.76 bits per heavy atom. The minimum Gasteiger partial charge on any atom is -0.493 e. The zero-order valence-electron chi connectivity index (χ0n) is 18.7. The van der Waals surface area contributed by atoms with Crippen LogP contribution in [0.3, 0.4) is 0 Å². The molecule has 0 saturated carbocycles. The Labute approximate surface area is 191 Å². The smallest absolute Gasteiger partial charge is 0.226 e. The van der Waals surface area contributed by atoms with Crippen LogP contribution in [0.15, 0.2) is 53.8 Å². The first-order chi connectivity index (χ1) is 16.2. The molecule has 9 heteroatoms. The number of fused-ring (bicyclic) bond motifs is 2. The van der Waals surface area contributed by atoms with Gasteiger partial charge in [-0.1, -0.05) is 6.08 Å². The molecular formula is C24H26N6O3. The van der Waals surface area contributed by atoms with Gasteiger partial charge in [-0.15, -0.1) is 11.7 Å². The Bertz CT molecular complexity index is 1280. The number of aromatic nitrogens is 4. The summed E-state index contributed by atoms with van der Waals surface area (Å²) in [4.78, 5) is 11.8. The number of anilines is 1. The van der Waals surface area contributed by atoms with E-state index in [0.717, 1.165) is 42.2 Å². The van der Waals surface area contributed by atoms with Crippen molar-refractivity contribution in [1.82, 2.24) is 24.5 Å². The lowest BCUT2D eigenvalue weighted by Gasteiger charge is -2.29. The van der Waals surface area contributed by atoms with Gasteiger partial charge in [0.15, 0.2) is 22.9 Å². The van der Waals surface area contributed by atoms with Crippen LogP contribution in [-0.2, 0) is 19.5 Å². The van der Waals surface area contributed by atoms with E-state index in [1.807, 2.05) is 18.3 Å². The maximum absolute atomic E-state index is 5.51. The van der Waals surface area contributed by atoms with Crippen molar-refractivity contribution >= 4 is 11.6 Å². The molecule has 0 unspecified atom stereocenters. The number of methoxy groups -OCH3 is 2. The molecule has 1 aliphatic rings. The SMILES string of the molecule is C=CCNc1ncc(CN2CCc3cc(OC)c(OC)cc3C2)c2nc(-c3ccco3)nn12. The molecule has 0 atom stereocenters. The standard InChI is InChI=1S/C24H26N6O3/c1-4-8-25-24-26-13-18(23-27-22(28-30(23)24)19-6-5-10-33-19)15-29-9-7-16-11-20(31-2)21(32-3)12-17(16)14-29/h4-6,10-13H,1,7-9,14-15H2,2-3H3,(H,25,26). The van der Waals surface area contributed by atoms with Gasteiger partial charge in [0.05, 0.1) is 20.5 Å². The highest BCUT2D eigenvalue weighted by Crippen LogP contribution is 2.33. The zero-order chi connectivity index (χ0) is 22.8. The minimum atomic E-state index is 0.525. The predicted molar refractivity (Wildman–Crippen MR) is 125 cm³/mol. The molecule has 0 fully saturated rings. The van der Waals surface area contributed by atoms with Crippen LogP contribution in [0.1, 0.15) is 16.7 Å². The lowest BCUT2D eigenvalue weighted by Crippen LogP contribution is -2.30. The number of nitrogens with one attached hydrogen (secondary N) is 1. The summed E-state index contributed by atoms with van der Waals surface area (Å²) < 4.78 is 18.2. The lowest BCUT2D eigenvalue weighted by atomic mass is 9.98. The molecule has 0 bridgehead atoms. The van der Waals surface area contributed by atoms with Gasteiger partial charge in [-0.25, -0.2) is 9.97 Å². The molecule has 33 heavy (non-hydrogen) atoms. The lowest BCUT2D eigenvalue weighted by molar-refractivity contribution is 0.244. The Morgan fingerprint density at radius 2 is 2.03 bits per heavy atom. The number of furan rings is 1. The third kappa shape index (κ3) is 4.03. The second-order valence-corrected chi connectivity index (χ2v) is 7.86. The van der Waals surface area contributed by atoms with Crippen molar-refractivity contribution in [3.63, 3.8) is 0 Å². The summed E-state index contributed by atoms with van der Waals surface area (Å²) in [5.41, 5.74) is 4.28. The van der Waals surface area contributed by atoms with E-state index in [0.29, 0.717) is 30.6 Å². The molecule has 5 rings (SSSR count). The number of benzene rings is 1. The highest BCUT2D eigenvalue weighted by molar-refractivity contribution is 5.58. The van der Waals surface area contributed by atoms with Crippen LogP contribution in [0.5, 0.6) is 11.5 Å². The van der Waals surface area contributed by atoms with Gasteiger partial charge in [-0.2, -0.15) is 4.52 Å². The van der Waals surface area contributed by atoms with Crippen molar-refractivity contribution in [2.45, 2.75) is 19.5 Å². The van der Waals surface area contributed by atoms with Crippen LogP contribution in [-0.4, -0.2) is 51.8 Å². The Kier molecular flexibility index (Phi) is 5.70. The van der Waals surface area contributed by atoms with Crippen LogP contribution in [0.2, 0.25) is 0 Å². The van der Waals surface area contributed by atoms with E-state index in [9.17, 15) is 0 Å². The number of hydrogen-bond donors (Lipinski definition) is 1. The zero-order valence-corrected chi connectivity index (χ0v) is 18.7. The van der Waals surface area contributed by atoms with Crippen LogP contribution >= 0.6 is 0 Å². The molecule has 4 heterocycles. The fraction of sp³-hybridized carbons (Fsp3) is 0.292. The van der Waals surface area contributed by atoms with E-state index in [1.165, 1.54) is 11.1 Å². The van der Waals surface area contributed by atoms with Gasteiger partial charge in [-0.05, 0) is 41.8 Å². The number of hydrogen-bond acceptors (Lipinski definition) is 8. The normalized spacial score (nSPS) is 13.6. The molecule has 1 N–H and O–H groups in total. The highest BCUT2D eigenvalue weighted by Gasteiger charge is 2.22. The first kappa shape index (κ1) is 21.0. The van der Waals surface area contributed by atoms with Gasteiger partial charge in [-0.3, -0.25) is 4.90 Å². The van der Waals surface area contributed by atoms with Crippen molar-refractivity contribution in [1.29, 1.82) is 0 Å². The molecule has 1 aromatic carbocycles. The fourth-order valence-electron chi connectivity index (χ4n) is 4.14. The maximum atomic E-state index is 5.51. The van der Waals surface area contributed by atoms with Gasteiger partial charge in [0.1, 0.15) is 0 Å². The molecule has 0 saturated heterocycles. The molecule has 170 valence electrons. The van der Waals surface area contributed by atoms with Crippen LogP contribution < -0.4 is 14.8 Å². The first-order valence-corrected chi connectivity index (χ1v) is 10.8. The summed E-state index contributed by atoms with van der Waals surface area (Å²) in [6.45, 7) is 6.76. The molecule has 0 radical (unpaired) electrons. The van der Waals surface area contributed by atoms with Crippen LogP contribution in [0.4, 0.5) is 5.95 Å². The Morgan fingerprint density at radius 1 is 1.21 bits per heavy atom. The molecule has 0 spiro atoms. The molecule has 0 amide bonds. The molecule has 4 aromatic rings. The monoisotopic (exact) mass is 446 g/mol. The number of ether oxygens (including phenoxy) is 2. The summed E-state index contributed by atoms with van der Waals surface area (Å²) in [5.74, 6) is 3.27. The van der Waals surface area contributed by atoms with E-state index < -0.39 is 0 Å². The molecule has 1 aliphatic heterocycles. The minimum absolute atomic E-state index is 0.525. The Hall–Kier alpha value is -3.85. The van der Waals surface area contributed by atoms with E-state index in [1.54, 1.807) is 31.1 Å². The quantitative estimate of drug-likeness (QED) is 0.411. The molecule has 9 nitrogen and oxygen atoms in total. The summed E-state index contributed by atoms with van der Waals surface area (Å²) in [5, 5.41) is 7.87. The maximum Gasteiger partial charge on any atom is 0.226 e.